The van der Waals surface area contributed by atoms with Crippen LogP contribution in [-0.2, 0) is 14.2 Å². The van der Waals surface area contributed by atoms with Crippen LogP contribution >= 0.6 is 0 Å². The first-order valence-corrected chi connectivity index (χ1v) is 26.5. The average Bonchev–Trinajstić information content (AvgIpc) is 3.12. The Morgan fingerprint density at radius 1 is 0.388 bits per heavy atom. The van der Waals surface area contributed by atoms with Crippen molar-refractivity contribution < 1.29 is 28.6 Å². The maximum Gasteiger partial charge on any atom is 0.410 e. The zero-order valence-corrected chi connectivity index (χ0v) is 47.8. The molecule has 5 heterocycles. The summed E-state index contributed by atoms with van der Waals surface area (Å²) in [5.41, 5.74) is -1.19. The van der Waals surface area contributed by atoms with Gasteiger partial charge in [-0.1, -0.05) is 41.5 Å². The number of hydrogen-bond acceptors (Lipinski definition) is 10. The molecular formula is C54H109N7O6. The second-order valence-corrected chi connectivity index (χ2v) is 25.3. The minimum absolute atomic E-state index is 0.166. The van der Waals surface area contributed by atoms with E-state index in [1.807, 2.05) is 77.0 Å². The summed E-state index contributed by atoms with van der Waals surface area (Å²) in [6.07, 6.45) is 3.30. The van der Waals surface area contributed by atoms with E-state index in [-0.39, 0.29) is 29.5 Å². The van der Waals surface area contributed by atoms with E-state index in [0.717, 1.165) is 64.2 Å². The largest absolute Gasteiger partial charge is 0.444 e. The molecule has 0 aliphatic carbocycles. The Hall–Kier alpha value is -2.35. The summed E-state index contributed by atoms with van der Waals surface area (Å²) in [6.45, 7) is 58.0. The third-order valence-electron chi connectivity index (χ3n) is 12.6. The van der Waals surface area contributed by atoms with Gasteiger partial charge in [0.05, 0.1) is 0 Å². The van der Waals surface area contributed by atoms with E-state index in [1.165, 1.54) is 32.4 Å². The van der Waals surface area contributed by atoms with Crippen molar-refractivity contribution in [1.29, 1.82) is 0 Å². The zero-order valence-electron chi connectivity index (χ0n) is 47.8. The van der Waals surface area contributed by atoms with Crippen molar-refractivity contribution in [3.05, 3.63) is 0 Å². The highest BCUT2D eigenvalue weighted by atomic mass is 16.6. The molecule has 0 aromatic heterocycles. The maximum atomic E-state index is 12.1. The van der Waals surface area contributed by atoms with Gasteiger partial charge in [-0.3, -0.25) is 9.80 Å². The number of nitrogens with one attached hydrogen (secondary N) is 2. The van der Waals surface area contributed by atoms with Crippen molar-refractivity contribution >= 4 is 18.3 Å². The smallest absolute Gasteiger partial charge is 0.410 e. The summed E-state index contributed by atoms with van der Waals surface area (Å²) in [7, 11) is 0. The van der Waals surface area contributed by atoms with Crippen molar-refractivity contribution in [3.63, 3.8) is 0 Å². The molecule has 10 atom stereocenters. The number of piperidine rings is 3. The summed E-state index contributed by atoms with van der Waals surface area (Å²) in [4.78, 5) is 46.2. The number of amides is 3. The van der Waals surface area contributed by atoms with Crippen LogP contribution in [0.2, 0.25) is 0 Å². The number of hydrogen-bond donors (Lipinski definition) is 2. The van der Waals surface area contributed by atoms with Gasteiger partial charge in [-0.15, -0.1) is 0 Å². The van der Waals surface area contributed by atoms with E-state index in [0.29, 0.717) is 59.9 Å². The SMILES string of the molecule is CC(C)N1[C@H](C)CN(C(=O)OC(C)(C)C)C[C@@H]1C.CC(C)N1[C@H](C)CNC[C@@H]1C.C[C@@H]1CNC[C@H](C)C1.C[C@@H]1C[C@H](C)CN(C(=O)OC(C)(C)C)C1.C[C@@H]1C[C@H](C)CN(C(=O)OC(C)(C)C)C1. The lowest BCUT2D eigenvalue weighted by Crippen LogP contribution is -2.60. The first-order chi connectivity index (χ1) is 30.6. The number of likely N-dealkylation sites (tertiary alicyclic amines) is 2. The Bertz CT molecular complexity index is 1330. The predicted octanol–water partition coefficient (Wildman–Crippen LogP) is 10.9. The van der Waals surface area contributed by atoms with Crippen LogP contribution in [0, 0.1) is 35.5 Å². The van der Waals surface area contributed by atoms with Crippen molar-refractivity contribution in [2.24, 2.45) is 35.5 Å². The minimum Gasteiger partial charge on any atom is -0.444 e. The lowest BCUT2D eigenvalue weighted by atomic mass is 9.92. The quantitative estimate of drug-likeness (QED) is 0.259. The van der Waals surface area contributed by atoms with Crippen molar-refractivity contribution in [3.8, 4) is 0 Å². The molecule has 396 valence electrons. The van der Waals surface area contributed by atoms with E-state index < -0.39 is 5.60 Å². The van der Waals surface area contributed by atoms with Crippen LogP contribution in [0.3, 0.4) is 0 Å². The van der Waals surface area contributed by atoms with E-state index in [9.17, 15) is 14.4 Å². The summed E-state index contributed by atoms with van der Waals surface area (Å²) in [5, 5.41) is 6.81. The summed E-state index contributed by atoms with van der Waals surface area (Å²) in [6, 6.07) is 3.33. The molecular weight excluding hydrogens is 843 g/mol. The first-order valence-electron chi connectivity index (χ1n) is 26.5. The van der Waals surface area contributed by atoms with Crippen LogP contribution in [0.4, 0.5) is 14.4 Å². The Labute approximate surface area is 413 Å². The van der Waals surface area contributed by atoms with Gasteiger partial charge >= 0.3 is 18.3 Å². The molecule has 0 spiro atoms. The fraction of sp³-hybridized carbons (Fsp3) is 0.944. The molecule has 3 amide bonds. The Morgan fingerprint density at radius 3 is 0.851 bits per heavy atom. The van der Waals surface area contributed by atoms with E-state index in [1.54, 1.807) is 0 Å². The van der Waals surface area contributed by atoms with Crippen molar-refractivity contribution in [1.82, 2.24) is 35.1 Å². The van der Waals surface area contributed by atoms with E-state index in [2.05, 4.69) is 117 Å². The van der Waals surface area contributed by atoms with Crippen molar-refractivity contribution in [2.75, 3.05) is 65.4 Å². The highest BCUT2D eigenvalue weighted by molar-refractivity contribution is 5.69. The number of carbonyl (C=O) groups excluding carboxylic acids is 3. The van der Waals surface area contributed by atoms with Crippen LogP contribution in [0.1, 0.15) is 179 Å². The Balaban J connectivity index is 0.000000428. The lowest BCUT2D eigenvalue weighted by molar-refractivity contribution is -0.0160. The Kier molecular flexibility index (Phi) is 26.6. The summed E-state index contributed by atoms with van der Waals surface area (Å²) in [5.74, 6) is 4.14. The summed E-state index contributed by atoms with van der Waals surface area (Å²) >= 11 is 0. The zero-order chi connectivity index (χ0) is 51.8. The molecule has 0 saturated carbocycles. The molecule has 5 saturated heterocycles. The third-order valence-corrected chi connectivity index (χ3v) is 12.6. The van der Waals surface area contributed by atoms with Gasteiger partial charge in [0.15, 0.2) is 0 Å². The van der Waals surface area contributed by atoms with Crippen molar-refractivity contribution in [2.45, 2.75) is 232 Å². The normalized spacial score (nSPS) is 30.0. The topological polar surface area (TPSA) is 119 Å². The molecule has 5 fully saturated rings. The number of piperazine rings is 2. The average molecular weight is 953 g/mol. The first kappa shape index (κ1) is 62.7. The highest BCUT2D eigenvalue weighted by Crippen LogP contribution is 2.25. The van der Waals surface area contributed by atoms with Gasteiger partial charge in [0.2, 0.25) is 0 Å². The fourth-order valence-corrected chi connectivity index (χ4v) is 10.7. The number of ether oxygens (including phenoxy) is 3. The number of nitrogens with zero attached hydrogens (tertiary/aromatic N) is 5. The molecule has 13 nitrogen and oxygen atoms in total. The molecule has 0 bridgehead atoms. The standard InChI is InChI=1S/C14H28N2O2.2C12H23NO2.C9H20N2.C7H15N/c1-10(2)16-11(3)8-15(9-12(16)4)13(17)18-14(5,6)7;2*1-9-6-10(2)8-13(7-9)11(14)15-12(3,4)5;1-7(2)11-8(3)5-10-6-9(11)4;1-6-3-7(2)5-8-4-6/h10-12H,8-9H2,1-7H3;2*9-10H,6-8H2,1-5H3;7-10H,5-6H2,1-4H3;6-8H,3-5H2,1-2H3/t11-,12+;2*9-,10+;8-,9+;6-,7+. The minimum atomic E-state index is -0.418. The van der Waals surface area contributed by atoms with Crippen LogP contribution in [0.15, 0.2) is 0 Å². The monoisotopic (exact) mass is 952 g/mol. The number of rotatable bonds is 2. The lowest BCUT2D eigenvalue weighted by Gasteiger charge is -2.46. The molecule has 5 aliphatic heterocycles. The van der Waals surface area contributed by atoms with E-state index in [4.69, 9.17) is 14.2 Å². The molecule has 13 heteroatoms. The molecule has 0 aromatic carbocycles. The van der Waals surface area contributed by atoms with Crippen LogP contribution in [0.25, 0.3) is 0 Å². The third kappa shape index (κ3) is 25.9. The maximum absolute atomic E-state index is 12.1. The van der Waals surface area contributed by atoms with Crippen LogP contribution in [0.5, 0.6) is 0 Å². The number of carbonyl (C=O) groups is 3. The molecule has 0 aromatic rings. The fourth-order valence-electron chi connectivity index (χ4n) is 10.7. The van der Waals surface area contributed by atoms with E-state index >= 15 is 0 Å². The molecule has 0 radical (unpaired) electrons. The van der Waals surface area contributed by atoms with Crippen LogP contribution in [-0.4, -0.2) is 161 Å². The van der Waals surface area contributed by atoms with Gasteiger partial charge in [0.1, 0.15) is 16.8 Å². The highest BCUT2D eigenvalue weighted by Gasteiger charge is 2.35. The van der Waals surface area contributed by atoms with Gasteiger partial charge in [-0.25, -0.2) is 14.4 Å². The molecule has 5 aliphatic rings. The van der Waals surface area contributed by atoms with Gasteiger partial charge in [-0.05, 0) is 186 Å². The Morgan fingerprint density at radius 2 is 0.627 bits per heavy atom. The molecule has 2 N–H and O–H groups in total. The molecule has 67 heavy (non-hydrogen) atoms. The van der Waals surface area contributed by atoms with Gasteiger partial charge < -0.3 is 39.5 Å². The summed E-state index contributed by atoms with van der Waals surface area (Å²) < 4.78 is 16.2. The van der Waals surface area contributed by atoms with Gasteiger partial charge in [0, 0.05) is 88.6 Å². The van der Waals surface area contributed by atoms with Crippen LogP contribution < -0.4 is 10.6 Å². The second kappa shape index (κ2) is 28.5. The predicted molar refractivity (Wildman–Crippen MR) is 280 cm³/mol. The molecule has 0 unspecified atom stereocenters. The second-order valence-electron chi connectivity index (χ2n) is 25.3. The van der Waals surface area contributed by atoms with Gasteiger partial charge in [0.25, 0.3) is 0 Å². The van der Waals surface area contributed by atoms with Gasteiger partial charge in [-0.2, -0.15) is 0 Å². The molecule has 5 rings (SSSR count).